The number of carbonyl (C=O) groups is 1. The summed E-state index contributed by atoms with van der Waals surface area (Å²) in [4.78, 5) is 9.52. The van der Waals surface area contributed by atoms with Crippen molar-refractivity contribution in [2.24, 2.45) is 0 Å². The third-order valence-electron chi connectivity index (χ3n) is 0.300. The number of carboxylic acids is 1. The van der Waals surface area contributed by atoms with Gasteiger partial charge in [-0.15, -0.1) is 0 Å². The largest absolute Gasteiger partial charge is 0.478 e. The van der Waals surface area contributed by atoms with Crippen LogP contribution in [-0.2, 0) is 27.2 Å². The Bertz CT molecular complexity index is 135. The number of allylic oxidation sites excluding steroid dienone is 1. The van der Waals surface area contributed by atoms with Gasteiger partial charge in [-0.3, -0.25) is 0 Å². The molecule has 0 fully saturated rings. The normalized spacial score (nSPS) is 7.38. The van der Waals surface area contributed by atoms with E-state index >= 15 is 0 Å². The molecule has 0 aliphatic carbocycles. The molecular weight excluding hydrogens is 202 g/mol. The second-order valence-corrected chi connectivity index (χ2v) is 0.801. The van der Waals surface area contributed by atoms with Gasteiger partial charge in [0.1, 0.15) is 0 Å². The number of carboxylic acid groups (broad SMARTS) is 1. The zero-order valence-electron chi connectivity index (χ0n) is 3.76. The first-order valence-corrected chi connectivity index (χ1v) is 1.56. The van der Waals surface area contributed by atoms with E-state index in [1.54, 1.807) is 0 Å². The smallest absolute Gasteiger partial charge is 0.329 e. The summed E-state index contributed by atoms with van der Waals surface area (Å²) in [6, 6.07) is 1.54. The summed E-state index contributed by atoms with van der Waals surface area (Å²) in [6.45, 7) is 0. The van der Waals surface area contributed by atoms with E-state index in [1.807, 2.05) is 0 Å². The van der Waals surface area contributed by atoms with Crippen molar-refractivity contribution in [3.05, 3.63) is 12.2 Å². The number of nitriles is 1. The van der Waals surface area contributed by atoms with Crippen LogP contribution in [0.1, 0.15) is 0 Å². The molecule has 0 aromatic rings. The fourth-order valence-electron chi connectivity index (χ4n) is 0.109. The predicted octanol–water partition coefficient (Wildman–Crippen LogP) is 0.148. The van der Waals surface area contributed by atoms with Crippen LogP contribution in [0.5, 0.6) is 0 Å². The molecule has 0 heterocycles. The summed E-state index contributed by atoms with van der Waals surface area (Å²) < 4.78 is 0. The van der Waals surface area contributed by atoms with Crippen molar-refractivity contribution < 1.29 is 32.3 Å². The average Bonchev–Trinajstić information content (AvgIpc) is 1.61. The Morgan fingerprint density at radius 3 is 2.38 bits per heavy atom. The van der Waals surface area contributed by atoms with Gasteiger partial charge >= 0.3 is 5.97 Å². The molecule has 0 atom stereocenters. The van der Waals surface area contributed by atoms with Gasteiger partial charge in [0.15, 0.2) is 0 Å². The Balaban J connectivity index is 0. The Morgan fingerprint density at radius 2 is 2.25 bits per heavy atom. The van der Waals surface area contributed by atoms with Gasteiger partial charge in [-0.05, 0) is 0 Å². The van der Waals surface area contributed by atoms with Crippen LogP contribution in [0.2, 0.25) is 0 Å². The van der Waals surface area contributed by atoms with Gasteiger partial charge in [0.25, 0.3) is 0 Å². The van der Waals surface area contributed by atoms with Crippen LogP contribution in [0.15, 0.2) is 12.2 Å². The first kappa shape index (κ1) is 10.4. The van der Waals surface area contributed by atoms with Crippen LogP contribution in [0.4, 0.5) is 0 Å². The van der Waals surface area contributed by atoms with E-state index < -0.39 is 5.97 Å². The van der Waals surface area contributed by atoms with Crippen LogP contribution < -0.4 is 0 Å². The number of nitrogens with zero attached hydrogens (tertiary/aromatic N) is 1. The maximum Gasteiger partial charge on any atom is 0.329 e. The minimum Gasteiger partial charge on any atom is -0.478 e. The molecule has 0 aliphatic rings. The summed E-state index contributed by atoms with van der Waals surface area (Å²) in [7, 11) is 0. The van der Waals surface area contributed by atoms with Gasteiger partial charge in [-0.25, -0.2) is 4.79 Å². The molecule has 3 nitrogen and oxygen atoms in total. The first-order chi connectivity index (χ1) is 3.27. The molecule has 47 valence electrons. The molecule has 1 N–H and O–H groups in total. The van der Waals surface area contributed by atoms with Gasteiger partial charge in [-0.1, -0.05) is 0 Å². The summed E-state index contributed by atoms with van der Waals surface area (Å²) in [5.41, 5.74) is 0. The minimum atomic E-state index is -1.10. The molecular formula is C4H3AgNO2. The van der Waals surface area contributed by atoms with Crippen LogP contribution in [0, 0.1) is 11.3 Å². The molecule has 0 spiro atoms. The van der Waals surface area contributed by atoms with Gasteiger partial charge in [0.05, 0.1) is 6.07 Å². The Labute approximate surface area is 62.1 Å². The molecule has 0 unspecified atom stereocenters. The minimum absolute atomic E-state index is 0. The molecule has 4 heteroatoms. The topological polar surface area (TPSA) is 61.1 Å². The van der Waals surface area contributed by atoms with Crippen molar-refractivity contribution in [2.45, 2.75) is 0 Å². The molecule has 1 radical (unpaired) electrons. The molecule has 0 saturated carbocycles. The van der Waals surface area contributed by atoms with Gasteiger partial charge in [0.2, 0.25) is 0 Å². The first-order valence-electron chi connectivity index (χ1n) is 1.56. The van der Waals surface area contributed by atoms with Crippen molar-refractivity contribution in [3.63, 3.8) is 0 Å². The van der Waals surface area contributed by atoms with E-state index in [9.17, 15) is 4.79 Å². The van der Waals surface area contributed by atoms with Crippen molar-refractivity contribution >= 4 is 5.97 Å². The Kier molecular flexibility index (Phi) is 8.39. The number of hydrogen-bond acceptors (Lipinski definition) is 2. The van der Waals surface area contributed by atoms with Gasteiger partial charge in [-0.2, -0.15) is 5.26 Å². The zero-order valence-corrected chi connectivity index (χ0v) is 5.24. The fourth-order valence-corrected chi connectivity index (χ4v) is 0.109. The van der Waals surface area contributed by atoms with Crippen molar-refractivity contribution in [1.82, 2.24) is 0 Å². The SMILES string of the molecule is N#CC=CC(=O)O.[Ag]. The Morgan fingerprint density at radius 1 is 1.75 bits per heavy atom. The van der Waals surface area contributed by atoms with Crippen molar-refractivity contribution in [3.8, 4) is 6.07 Å². The van der Waals surface area contributed by atoms with Crippen LogP contribution in [-0.4, -0.2) is 11.1 Å². The second-order valence-electron chi connectivity index (χ2n) is 0.801. The molecule has 0 saturated heterocycles. The van der Waals surface area contributed by atoms with E-state index in [4.69, 9.17) is 10.4 Å². The van der Waals surface area contributed by atoms with Gasteiger partial charge in [0, 0.05) is 34.5 Å². The van der Waals surface area contributed by atoms with E-state index in [1.165, 1.54) is 6.07 Å². The van der Waals surface area contributed by atoms with Gasteiger partial charge < -0.3 is 5.11 Å². The maximum absolute atomic E-state index is 9.52. The maximum atomic E-state index is 9.52. The van der Waals surface area contributed by atoms with Crippen molar-refractivity contribution in [2.75, 3.05) is 0 Å². The fraction of sp³-hybridized carbons (Fsp3) is 0. The van der Waals surface area contributed by atoms with Crippen LogP contribution in [0.25, 0.3) is 0 Å². The van der Waals surface area contributed by atoms with Crippen molar-refractivity contribution in [1.29, 1.82) is 5.26 Å². The number of hydrogen-bond donors (Lipinski definition) is 1. The quantitative estimate of drug-likeness (QED) is 0.376. The molecule has 0 aromatic heterocycles. The van der Waals surface area contributed by atoms with E-state index in [0.29, 0.717) is 0 Å². The molecule has 8 heavy (non-hydrogen) atoms. The van der Waals surface area contributed by atoms with Crippen LogP contribution in [0.3, 0.4) is 0 Å². The standard InChI is InChI=1S/C4H3NO2.Ag/c5-3-1-2-4(6)7;/h1-2H,(H,6,7);. The predicted molar refractivity (Wildman–Crippen MR) is 22.4 cm³/mol. The summed E-state index contributed by atoms with van der Waals surface area (Å²) >= 11 is 0. The van der Waals surface area contributed by atoms with Crippen LogP contribution >= 0.6 is 0 Å². The van der Waals surface area contributed by atoms with E-state index in [-0.39, 0.29) is 22.4 Å². The Hall–Kier alpha value is -0.560. The zero-order chi connectivity index (χ0) is 5.70. The molecule has 0 amide bonds. The summed E-state index contributed by atoms with van der Waals surface area (Å²) in [6.07, 6.45) is 1.68. The number of aliphatic carboxylic acids is 1. The third kappa shape index (κ3) is 9.06. The second kappa shape index (κ2) is 6.44. The molecule has 0 rings (SSSR count). The summed E-state index contributed by atoms with van der Waals surface area (Å²) in [5, 5.41) is 15.5. The molecule has 0 bridgehead atoms. The molecule has 0 aliphatic heterocycles. The third-order valence-corrected chi connectivity index (χ3v) is 0.300. The molecule has 0 aromatic carbocycles. The van der Waals surface area contributed by atoms with E-state index in [2.05, 4.69) is 0 Å². The monoisotopic (exact) mass is 204 g/mol. The van der Waals surface area contributed by atoms with E-state index in [0.717, 1.165) is 12.2 Å². The number of rotatable bonds is 1. The average molecular weight is 205 g/mol. The summed E-state index contributed by atoms with van der Waals surface area (Å²) in [5.74, 6) is -1.10.